The third kappa shape index (κ3) is 6.94. The van der Waals surface area contributed by atoms with E-state index in [4.69, 9.17) is 5.26 Å². The maximum Gasteiger partial charge on any atom is 0.307 e. The first-order valence-electron chi connectivity index (χ1n) is 7.53. The summed E-state index contributed by atoms with van der Waals surface area (Å²) in [6.07, 6.45) is 0.166. The maximum atomic E-state index is 12.0. The van der Waals surface area contributed by atoms with Gasteiger partial charge in [0.1, 0.15) is 0 Å². The average molecular weight is 317 g/mol. The van der Waals surface area contributed by atoms with E-state index in [1.807, 2.05) is 30.9 Å². The van der Waals surface area contributed by atoms with E-state index in [0.717, 1.165) is 5.56 Å². The Kier molecular flexibility index (Phi) is 7.78. The van der Waals surface area contributed by atoms with Crippen molar-refractivity contribution in [2.75, 3.05) is 20.2 Å². The number of carbonyl (C=O) groups is 2. The number of nitrogens with one attached hydrogen (secondary N) is 1. The summed E-state index contributed by atoms with van der Waals surface area (Å²) < 4.78 is 4.53. The van der Waals surface area contributed by atoms with Crippen molar-refractivity contribution in [2.24, 2.45) is 0 Å². The van der Waals surface area contributed by atoms with Gasteiger partial charge in [0, 0.05) is 19.1 Å². The molecule has 0 atom stereocenters. The normalized spacial score (nSPS) is 10.4. The molecule has 1 amide bonds. The molecule has 0 saturated heterocycles. The second-order valence-corrected chi connectivity index (χ2v) is 5.48. The molecule has 1 N–H and O–H groups in total. The van der Waals surface area contributed by atoms with E-state index in [0.29, 0.717) is 12.1 Å². The molecule has 1 aromatic carbocycles. The number of nitriles is 1. The highest BCUT2D eigenvalue weighted by Gasteiger charge is 2.14. The minimum atomic E-state index is -0.344. The Hall–Kier alpha value is -2.39. The van der Waals surface area contributed by atoms with Gasteiger partial charge in [0.2, 0.25) is 5.91 Å². The summed E-state index contributed by atoms with van der Waals surface area (Å²) >= 11 is 0. The number of hydrogen-bond donors (Lipinski definition) is 1. The monoisotopic (exact) mass is 317 g/mol. The molecule has 0 unspecified atom stereocenters. The molecule has 1 aromatic rings. The fraction of sp³-hybridized carbons (Fsp3) is 0.471. The molecule has 0 aliphatic carbocycles. The van der Waals surface area contributed by atoms with E-state index >= 15 is 0 Å². The molecule has 0 spiro atoms. The summed E-state index contributed by atoms with van der Waals surface area (Å²) in [7, 11) is 1.32. The number of amides is 1. The predicted molar refractivity (Wildman–Crippen MR) is 86.3 cm³/mol. The number of esters is 1. The summed E-state index contributed by atoms with van der Waals surface area (Å²) in [5.74, 6) is -0.472. The Morgan fingerprint density at radius 3 is 2.48 bits per heavy atom. The van der Waals surface area contributed by atoms with E-state index in [9.17, 15) is 9.59 Å². The van der Waals surface area contributed by atoms with Gasteiger partial charge in [0.05, 0.1) is 31.7 Å². The maximum absolute atomic E-state index is 12.0. The van der Waals surface area contributed by atoms with Crippen LogP contribution in [0.25, 0.3) is 0 Å². The largest absolute Gasteiger partial charge is 0.469 e. The summed E-state index contributed by atoms with van der Waals surface area (Å²) in [6.45, 7) is 5.18. The first kappa shape index (κ1) is 18.7. The smallest absolute Gasteiger partial charge is 0.307 e. The second-order valence-electron chi connectivity index (χ2n) is 5.48. The van der Waals surface area contributed by atoms with Crippen LogP contribution in [0.1, 0.15) is 31.4 Å². The zero-order valence-corrected chi connectivity index (χ0v) is 13.8. The van der Waals surface area contributed by atoms with Gasteiger partial charge >= 0.3 is 5.97 Å². The lowest BCUT2D eigenvalue weighted by Crippen LogP contribution is -2.41. The van der Waals surface area contributed by atoms with E-state index < -0.39 is 0 Å². The zero-order valence-electron chi connectivity index (χ0n) is 13.8. The van der Waals surface area contributed by atoms with Crippen LogP contribution in [0.15, 0.2) is 24.3 Å². The van der Waals surface area contributed by atoms with Crippen molar-refractivity contribution in [1.82, 2.24) is 10.2 Å². The van der Waals surface area contributed by atoms with Crippen LogP contribution in [-0.4, -0.2) is 43.0 Å². The molecule has 0 saturated carbocycles. The molecular weight excluding hydrogens is 294 g/mol. The first-order chi connectivity index (χ1) is 11.0. The molecule has 0 heterocycles. The standard InChI is InChI=1S/C17H23N3O3/c1-13(2)20(11-15-6-4-14(10-18)5-7-15)12-16(21)19-9-8-17(22)23-3/h4-7,13H,8-9,11-12H2,1-3H3,(H,19,21). The molecule has 0 fully saturated rings. The molecule has 124 valence electrons. The topological polar surface area (TPSA) is 82.4 Å². The Morgan fingerprint density at radius 1 is 1.30 bits per heavy atom. The van der Waals surface area contributed by atoms with Gasteiger partial charge in [-0.1, -0.05) is 12.1 Å². The second kappa shape index (κ2) is 9.59. The van der Waals surface area contributed by atoms with E-state index in [1.165, 1.54) is 7.11 Å². The van der Waals surface area contributed by atoms with Crippen molar-refractivity contribution in [3.63, 3.8) is 0 Å². The number of carbonyl (C=O) groups excluding carboxylic acids is 2. The lowest BCUT2D eigenvalue weighted by Gasteiger charge is -2.26. The minimum absolute atomic E-state index is 0.128. The lowest BCUT2D eigenvalue weighted by molar-refractivity contribution is -0.140. The van der Waals surface area contributed by atoms with Gasteiger partial charge < -0.3 is 10.1 Å². The fourth-order valence-electron chi connectivity index (χ4n) is 1.99. The predicted octanol–water partition coefficient (Wildman–Crippen LogP) is 1.45. The summed E-state index contributed by atoms with van der Waals surface area (Å²) in [4.78, 5) is 25.0. The van der Waals surface area contributed by atoms with Crippen LogP contribution < -0.4 is 5.32 Å². The van der Waals surface area contributed by atoms with Crippen LogP contribution in [0.4, 0.5) is 0 Å². The zero-order chi connectivity index (χ0) is 17.2. The number of ether oxygens (including phenoxy) is 1. The van der Waals surface area contributed by atoms with Crippen LogP contribution in [0.5, 0.6) is 0 Å². The number of nitrogens with zero attached hydrogens (tertiary/aromatic N) is 2. The van der Waals surface area contributed by atoms with Gasteiger partial charge in [-0.3, -0.25) is 14.5 Å². The molecule has 6 nitrogen and oxygen atoms in total. The Morgan fingerprint density at radius 2 is 1.96 bits per heavy atom. The van der Waals surface area contributed by atoms with Crippen molar-refractivity contribution in [3.05, 3.63) is 35.4 Å². The van der Waals surface area contributed by atoms with Crippen molar-refractivity contribution < 1.29 is 14.3 Å². The average Bonchev–Trinajstić information content (AvgIpc) is 2.54. The van der Waals surface area contributed by atoms with Gasteiger partial charge in [-0.15, -0.1) is 0 Å². The molecule has 6 heteroatoms. The number of rotatable bonds is 8. The van der Waals surface area contributed by atoms with Crippen LogP contribution >= 0.6 is 0 Å². The number of hydrogen-bond acceptors (Lipinski definition) is 5. The van der Waals surface area contributed by atoms with Crippen molar-refractivity contribution in [3.8, 4) is 6.07 Å². The van der Waals surface area contributed by atoms with Gasteiger partial charge in [-0.2, -0.15) is 5.26 Å². The van der Waals surface area contributed by atoms with Gasteiger partial charge in [-0.05, 0) is 31.5 Å². The molecule has 0 aliphatic heterocycles. The third-order valence-corrected chi connectivity index (χ3v) is 3.42. The summed E-state index contributed by atoms with van der Waals surface area (Å²) in [5, 5.41) is 11.5. The highest BCUT2D eigenvalue weighted by atomic mass is 16.5. The third-order valence-electron chi connectivity index (χ3n) is 3.42. The molecule has 0 aliphatic rings. The SMILES string of the molecule is COC(=O)CCNC(=O)CN(Cc1ccc(C#N)cc1)C(C)C. The van der Waals surface area contributed by atoms with Crippen LogP contribution in [0.3, 0.4) is 0 Å². The molecule has 0 bridgehead atoms. The van der Waals surface area contributed by atoms with Gasteiger partial charge in [-0.25, -0.2) is 0 Å². The van der Waals surface area contributed by atoms with E-state index in [1.54, 1.807) is 12.1 Å². The van der Waals surface area contributed by atoms with Crippen molar-refractivity contribution in [1.29, 1.82) is 5.26 Å². The fourth-order valence-corrected chi connectivity index (χ4v) is 1.99. The molecule has 23 heavy (non-hydrogen) atoms. The highest BCUT2D eigenvalue weighted by Crippen LogP contribution is 2.09. The van der Waals surface area contributed by atoms with Crippen molar-refractivity contribution >= 4 is 11.9 Å². The summed E-state index contributed by atoms with van der Waals surface area (Å²) in [6, 6.07) is 9.60. The molecule has 1 rings (SSSR count). The highest BCUT2D eigenvalue weighted by molar-refractivity contribution is 5.78. The van der Waals surface area contributed by atoms with Crippen LogP contribution in [0.2, 0.25) is 0 Å². The molecule has 0 aromatic heterocycles. The van der Waals surface area contributed by atoms with Crippen LogP contribution in [0, 0.1) is 11.3 Å². The number of benzene rings is 1. The van der Waals surface area contributed by atoms with Crippen molar-refractivity contribution in [2.45, 2.75) is 32.9 Å². The minimum Gasteiger partial charge on any atom is -0.469 e. The molecular formula is C17H23N3O3. The quantitative estimate of drug-likeness (QED) is 0.734. The Bertz CT molecular complexity index is 561. The number of methoxy groups -OCH3 is 1. The van der Waals surface area contributed by atoms with Crippen LogP contribution in [-0.2, 0) is 20.9 Å². The molecule has 0 radical (unpaired) electrons. The Balaban J connectivity index is 2.52. The van der Waals surface area contributed by atoms with Gasteiger partial charge in [0.15, 0.2) is 0 Å². The van der Waals surface area contributed by atoms with E-state index in [-0.39, 0.29) is 37.4 Å². The van der Waals surface area contributed by atoms with Gasteiger partial charge in [0.25, 0.3) is 0 Å². The summed E-state index contributed by atoms with van der Waals surface area (Å²) in [5.41, 5.74) is 1.66. The van der Waals surface area contributed by atoms with E-state index in [2.05, 4.69) is 16.1 Å². The first-order valence-corrected chi connectivity index (χ1v) is 7.53. The Labute approximate surface area is 137 Å². The lowest BCUT2D eigenvalue weighted by atomic mass is 10.1.